The molecular weight excluding hydrogens is 494 g/mol. The molecule has 0 saturated carbocycles. The molecule has 1 aliphatic heterocycles. The number of nitrogens with one attached hydrogen (secondary N) is 1. The summed E-state index contributed by atoms with van der Waals surface area (Å²) in [5, 5.41) is 8.20. The van der Waals surface area contributed by atoms with Gasteiger partial charge in [0.1, 0.15) is 5.39 Å². The van der Waals surface area contributed by atoms with Crippen molar-refractivity contribution < 1.29 is 0 Å². The Morgan fingerprint density at radius 3 is 2.41 bits per heavy atom. The summed E-state index contributed by atoms with van der Waals surface area (Å²) < 4.78 is 4.54. The van der Waals surface area contributed by atoms with Gasteiger partial charge in [0.15, 0.2) is 11.5 Å². The van der Waals surface area contributed by atoms with Gasteiger partial charge < -0.3 is 15.1 Å². The van der Waals surface area contributed by atoms with Crippen molar-refractivity contribution in [3.63, 3.8) is 0 Å². The van der Waals surface area contributed by atoms with Gasteiger partial charge in [-0.05, 0) is 42.8 Å². The van der Waals surface area contributed by atoms with Crippen molar-refractivity contribution in [3.8, 4) is 5.82 Å². The number of nitrogens with zero attached hydrogens (tertiary/aromatic N) is 8. The molecule has 1 fully saturated rings. The first kappa shape index (κ1) is 26.4. The average Bonchev–Trinajstić information content (AvgIpc) is 3.16. The van der Waals surface area contributed by atoms with E-state index >= 15 is 0 Å². The number of benzene rings is 1. The summed E-state index contributed by atoms with van der Waals surface area (Å²) >= 11 is 0. The first-order valence-electron chi connectivity index (χ1n) is 13.1. The Balaban J connectivity index is 1.50. The maximum Gasteiger partial charge on any atom is 0.278 e. The largest absolute Gasteiger partial charge is 0.369 e. The number of aromatic nitrogens is 6. The molecule has 0 unspecified atom stereocenters. The zero-order valence-electron chi connectivity index (χ0n) is 23.0. The molecule has 4 heterocycles. The van der Waals surface area contributed by atoms with Crippen molar-refractivity contribution >= 4 is 28.4 Å². The molecule has 0 radical (unpaired) electrons. The van der Waals surface area contributed by atoms with Crippen molar-refractivity contribution in [2.24, 2.45) is 5.41 Å². The van der Waals surface area contributed by atoms with Crippen LogP contribution in [0.15, 0.2) is 64.8 Å². The summed E-state index contributed by atoms with van der Waals surface area (Å²) in [6.45, 7) is 14.7. The molecule has 3 aromatic heterocycles. The molecule has 204 valence electrons. The zero-order chi connectivity index (χ0) is 27.7. The van der Waals surface area contributed by atoms with Gasteiger partial charge in [-0.1, -0.05) is 26.8 Å². The SMILES string of the molecule is C=CCn1c(=O)c2cnc(Nc3ccc(N4CCN(C)CC4)cc3)nc2n1-c1ccc(=O)n(CC(C)(C)C)n1. The predicted octanol–water partition coefficient (Wildman–Crippen LogP) is 2.87. The van der Waals surface area contributed by atoms with E-state index < -0.39 is 0 Å². The Kier molecular flexibility index (Phi) is 7.09. The number of hydrogen-bond donors (Lipinski definition) is 1. The van der Waals surface area contributed by atoms with E-state index in [1.54, 1.807) is 16.8 Å². The number of likely N-dealkylation sites (N-methyl/N-ethyl adjacent to an activating group) is 1. The Morgan fingerprint density at radius 1 is 1.03 bits per heavy atom. The van der Waals surface area contributed by atoms with Crippen molar-refractivity contribution in [1.82, 2.24) is 34.0 Å². The molecule has 0 aliphatic carbocycles. The fourth-order valence-electron chi connectivity index (χ4n) is 4.67. The van der Waals surface area contributed by atoms with Crippen LogP contribution in [0.3, 0.4) is 0 Å². The van der Waals surface area contributed by atoms with Gasteiger partial charge in [-0.15, -0.1) is 11.7 Å². The van der Waals surface area contributed by atoms with Gasteiger partial charge in [0.2, 0.25) is 5.95 Å². The molecule has 0 atom stereocenters. The smallest absolute Gasteiger partial charge is 0.278 e. The number of rotatable bonds is 7. The summed E-state index contributed by atoms with van der Waals surface area (Å²) in [5.74, 6) is 0.761. The molecule has 0 bridgehead atoms. The van der Waals surface area contributed by atoms with Crippen LogP contribution in [-0.2, 0) is 13.1 Å². The highest BCUT2D eigenvalue weighted by Crippen LogP contribution is 2.22. The van der Waals surface area contributed by atoms with Crippen LogP contribution in [0.25, 0.3) is 16.9 Å². The Labute approximate surface area is 227 Å². The molecule has 1 aromatic carbocycles. The summed E-state index contributed by atoms with van der Waals surface area (Å²) in [6.07, 6.45) is 3.16. The lowest BCUT2D eigenvalue weighted by Gasteiger charge is -2.34. The van der Waals surface area contributed by atoms with Crippen molar-refractivity contribution in [1.29, 1.82) is 0 Å². The lowest BCUT2D eigenvalue weighted by Crippen LogP contribution is -2.44. The van der Waals surface area contributed by atoms with Gasteiger partial charge in [-0.2, -0.15) is 4.98 Å². The van der Waals surface area contributed by atoms with Crippen molar-refractivity contribution in [3.05, 3.63) is 76.0 Å². The van der Waals surface area contributed by atoms with E-state index in [1.165, 1.54) is 27.3 Å². The van der Waals surface area contributed by atoms with E-state index in [4.69, 9.17) is 4.98 Å². The van der Waals surface area contributed by atoms with E-state index in [1.807, 2.05) is 32.9 Å². The van der Waals surface area contributed by atoms with Crippen LogP contribution in [0.4, 0.5) is 17.3 Å². The molecule has 0 spiro atoms. The van der Waals surface area contributed by atoms with E-state index in [0.29, 0.717) is 29.3 Å². The first-order valence-corrected chi connectivity index (χ1v) is 13.1. The van der Waals surface area contributed by atoms with Crippen LogP contribution in [0.1, 0.15) is 20.8 Å². The second-order valence-corrected chi connectivity index (χ2v) is 11.1. The van der Waals surface area contributed by atoms with E-state index in [0.717, 1.165) is 31.9 Å². The fourth-order valence-corrected chi connectivity index (χ4v) is 4.67. The summed E-state index contributed by atoms with van der Waals surface area (Å²) in [4.78, 5) is 39.6. The molecule has 39 heavy (non-hydrogen) atoms. The minimum absolute atomic E-state index is 0.159. The molecule has 11 nitrogen and oxygen atoms in total. The minimum atomic E-state index is -0.261. The maximum absolute atomic E-state index is 13.3. The summed E-state index contributed by atoms with van der Waals surface area (Å²) in [5.41, 5.74) is 1.78. The molecule has 1 aliphatic rings. The molecule has 11 heteroatoms. The van der Waals surface area contributed by atoms with Crippen LogP contribution in [0.2, 0.25) is 0 Å². The third kappa shape index (κ3) is 5.63. The highest BCUT2D eigenvalue weighted by Gasteiger charge is 2.20. The highest BCUT2D eigenvalue weighted by molar-refractivity contribution is 5.77. The Hall–Kier alpha value is -4.25. The summed E-state index contributed by atoms with van der Waals surface area (Å²) in [7, 11) is 2.14. The summed E-state index contributed by atoms with van der Waals surface area (Å²) in [6, 6.07) is 11.2. The topological polar surface area (TPSA) is 106 Å². The van der Waals surface area contributed by atoms with Gasteiger partial charge in [0.25, 0.3) is 11.1 Å². The highest BCUT2D eigenvalue weighted by atomic mass is 16.1. The number of fused-ring (bicyclic) bond motifs is 1. The van der Waals surface area contributed by atoms with Gasteiger partial charge in [-0.3, -0.25) is 9.59 Å². The van der Waals surface area contributed by atoms with Crippen molar-refractivity contribution in [2.45, 2.75) is 33.9 Å². The zero-order valence-corrected chi connectivity index (χ0v) is 23.0. The Bertz CT molecular complexity index is 1600. The molecule has 5 rings (SSSR count). The molecule has 4 aromatic rings. The number of anilines is 3. The van der Waals surface area contributed by atoms with Crippen LogP contribution in [-0.4, -0.2) is 67.2 Å². The second-order valence-electron chi connectivity index (χ2n) is 11.1. The second kappa shape index (κ2) is 10.5. The molecule has 0 amide bonds. The van der Waals surface area contributed by atoms with Gasteiger partial charge in [0, 0.05) is 56.4 Å². The van der Waals surface area contributed by atoms with E-state index in [-0.39, 0.29) is 23.1 Å². The van der Waals surface area contributed by atoms with Crippen molar-refractivity contribution in [2.75, 3.05) is 43.4 Å². The molecule has 1 N–H and O–H groups in total. The third-order valence-corrected chi connectivity index (χ3v) is 6.66. The van der Waals surface area contributed by atoms with Crippen LogP contribution in [0.5, 0.6) is 0 Å². The molecule has 1 saturated heterocycles. The van der Waals surface area contributed by atoms with Crippen LogP contribution >= 0.6 is 0 Å². The fraction of sp³-hybridized carbons (Fsp3) is 0.393. The average molecular weight is 530 g/mol. The molecular formula is C28H35N9O2. The lowest BCUT2D eigenvalue weighted by atomic mass is 9.97. The van der Waals surface area contributed by atoms with Gasteiger partial charge in [-0.25, -0.2) is 19.0 Å². The predicted molar refractivity (Wildman–Crippen MR) is 154 cm³/mol. The van der Waals surface area contributed by atoms with E-state index in [2.05, 4.69) is 51.0 Å². The van der Waals surface area contributed by atoms with Gasteiger partial charge >= 0.3 is 0 Å². The number of allylic oxidation sites excluding steroid dienone is 1. The normalized spacial score (nSPS) is 14.6. The first-order chi connectivity index (χ1) is 18.6. The number of hydrogen-bond acceptors (Lipinski definition) is 8. The van der Waals surface area contributed by atoms with Gasteiger partial charge in [0.05, 0.1) is 6.54 Å². The van der Waals surface area contributed by atoms with E-state index in [9.17, 15) is 9.59 Å². The quantitative estimate of drug-likeness (QED) is 0.365. The lowest BCUT2D eigenvalue weighted by molar-refractivity contribution is 0.313. The van der Waals surface area contributed by atoms with Crippen LogP contribution < -0.4 is 21.3 Å². The maximum atomic E-state index is 13.3. The standard InChI is InChI=1S/C28H35N9O2/c1-6-13-36-26(39)22-18-29-27(30-20-7-9-21(10-8-20)34-16-14-33(5)15-17-34)31-25(22)37(36)23-11-12-24(38)35(32-23)19-28(2,3)4/h6-12,18H,1,13-17,19H2,2-5H3,(H,29,30,31). The number of piperazine rings is 1. The minimum Gasteiger partial charge on any atom is -0.369 e. The Morgan fingerprint density at radius 2 is 1.74 bits per heavy atom. The van der Waals surface area contributed by atoms with Crippen LogP contribution in [0, 0.1) is 5.41 Å². The third-order valence-electron chi connectivity index (χ3n) is 6.66. The monoisotopic (exact) mass is 529 g/mol.